The molecule has 120 valence electrons. The Morgan fingerprint density at radius 1 is 1.38 bits per heavy atom. The van der Waals surface area contributed by atoms with Gasteiger partial charge in [-0.05, 0) is 6.92 Å². The van der Waals surface area contributed by atoms with Gasteiger partial charge >= 0.3 is 12.0 Å². The fraction of sp³-hybridized carbons (Fsp3) is 0.846. The monoisotopic (exact) mass is 301 g/mol. The second-order valence-corrected chi connectivity index (χ2v) is 5.66. The number of urea groups is 1. The van der Waals surface area contributed by atoms with E-state index >= 15 is 0 Å². The highest BCUT2D eigenvalue weighted by Crippen LogP contribution is 2.18. The Labute approximate surface area is 123 Å². The molecule has 2 rings (SSSR count). The van der Waals surface area contributed by atoms with Gasteiger partial charge in [0.25, 0.3) is 0 Å². The van der Waals surface area contributed by atoms with Crippen molar-refractivity contribution in [2.24, 2.45) is 0 Å². The fourth-order valence-corrected chi connectivity index (χ4v) is 2.78. The van der Waals surface area contributed by atoms with E-state index in [0.29, 0.717) is 19.8 Å². The van der Waals surface area contributed by atoms with Gasteiger partial charge < -0.3 is 25.2 Å². The Hall–Kier alpha value is -1.38. The number of amides is 2. The number of β-amino-alcohol motifs (C(OH)–C–C–N with tert-alkyl or cyclic N) is 1. The number of hydrogen-bond donors (Lipinski definition) is 3. The van der Waals surface area contributed by atoms with Gasteiger partial charge in [0.05, 0.1) is 19.3 Å². The number of likely N-dealkylation sites (tertiary alicyclic amines) is 1. The summed E-state index contributed by atoms with van der Waals surface area (Å²) >= 11 is 0. The molecule has 0 radical (unpaired) electrons. The van der Waals surface area contributed by atoms with E-state index in [-0.39, 0.29) is 19.0 Å². The minimum absolute atomic E-state index is 0.0626. The maximum atomic E-state index is 12.2. The van der Waals surface area contributed by atoms with Crippen LogP contribution in [0.2, 0.25) is 0 Å². The number of ether oxygens (including phenoxy) is 1. The molecule has 2 aliphatic heterocycles. The summed E-state index contributed by atoms with van der Waals surface area (Å²) in [6, 6.07) is -1.47. The molecule has 8 nitrogen and oxygen atoms in total. The molecule has 0 aromatic heterocycles. The zero-order chi connectivity index (χ0) is 15.4. The van der Waals surface area contributed by atoms with Crippen LogP contribution in [0.3, 0.4) is 0 Å². The number of carboxylic acid groups (broad SMARTS) is 1. The Bertz CT molecular complexity index is 386. The molecule has 0 bridgehead atoms. The molecule has 2 aliphatic rings. The number of nitrogens with one attached hydrogen (secondary N) is 1. The van der Waals surface area contributed by atoms with E-state index in [9.17, 15) is 14.7 Å². The van der Waals surface area contributed by atoms with Crippen LogP contribution in [0, 0.1) is 0 Å². The van der Waals surface area contributed by atoms with Crippen molar-refractivity contribution in [1.29, 1.82) is 0 Å². The molecule has 2 unspecified atom stereocenters. The Morgan fingerprint density at radius 3 is 2.67 bits per heavy atom. The molecule has 0 aromatic rings. The van der Waals surface area contributed by atoms with Crippen LogP contribution in [0.5, 0.6) is 0 Å². The van der Waals surface area contributed by atoms with Crippen LogP contribution in [0.15, 0.2) is 0 Å². The lowest BCUT2D eigenvalue weighted by molar-refractivity contribution is -0.141. The van der Waals surface area contributed by atoms with E-state index in [1.165, 1.54) is 4.90 Å². The van der Waals surface area contributed by atoms with Crippen LogP contribution in [-0.4, -0.2) is 89.6 Å². The van der Waals surface area contributed by atoms with E-state index in [1.54, 1.807) is 0 Å². The van der Waals surface area contributed by atoms with Crippen LogP contribution >= 0.6 is 0 Å². The molecule has 3 atom stereocenters. The van der Waals surface area contributed by atoms with Gasteiger partial charge in [0, 0.05) is 38.6 Å². The van der Waals surface area contributed by atoms with Gasteiger partial charge in [-0.25, -0.2) is 9.59 Å². The number of rotatable bonds is 4. The maximum Gasteiger partial charge on any atom is 0.326 e. The van der Waals surface area contributed by atoms with Crippen LogP contribution in [0.4, 0.5) is 4.79 Å². The smallest absolute Gasteiger partial charge is 0.326 e. The highest BCUT2D eigenvalue weighted by Gasteiger charge is 2.39. The van der Waals surface area contributed by atoms with E-state index in [4.69, 9.17) is 9.84 Å². The number of hydrogen-bond acceptors (Lipinski definition) is 5. The topological polar surface area (TPSA) is 102 Å². The third-order valence-electron chi connectivity index (χ3n) is 3.83. The van der Waals surface area contributed by atoms with Crippen LogP contribution in [0.25, 0.3) is 0 Å². The minimum Gasteiger partial charge on any atom is -0.480 e. The van der Waals surface area contributed by atoms with Gasteiger partial charge in [0.1, 0.15) is 6.04 Å². The zero-order valence-electron chi connectivity index (χ0n) is 12.2. The Morgan fingerprint density at radius 2 is 2.05 bits per heavy atom. The Balaban J connectivity index is 1.83. The average Bonchev–Trinajstić information content (AvgIpc) is 2.82. The first-order chi connectivity index (χ1) is 9.97. The molecular formula is C13H23N3O5. The first-order valence-electron chi connectivity index (χ1n) is 7.25. The Kier molecular flexibility index (Phi) is 5.38. The maximum absolute atomic E-state index is 12.2. The largest absolute Gasteiger partial charge is 0.480 e. The predicted molar refractivity (Wildman–Crippen MR) is 74.0 cm³/mol. The molecule has 0 aromatic carbocycles. The van der Waals surface area contributed by atoms with Crippen molar-refractivity contribution >= 4 is 12.0 Å². The lowest BCUT2D eigenvalue weighted by Gasteiger charge is -2.30. The molecule has 2 saturated heterocycles. The van der Waals surface area contributed by atoms with Crippen molar-refractivity contribution in [3.63, 3.8) is 0 Å². The zero-order valence-corrected chi connectivity index (χ0v) is 12.2. The second kappa shape index (κ2) is 7.06. The lowest BCUT2D eigenvalue weighted by atomic mass is 10.2. The standard InChI is InChI=1S/C13H23N3O5/c1-9(7-15-2-4-21-5-3-15)14-13(20)16-8-10(17)6-11(16)12(18)19/h9-11,17H,2-8H2,1H3,(H,14,20)(H,18,19)/t9?,10?,11-/m0/s1. The third kappa shape index (κ3) is 4.29. The number of carboxylic acids is 1. The predicted octanol–water partition coefficient (Wildman–Crippen LogP) is -1.06. The molecule has 2 amide bonds. The summed E-state index contributed by atoms with van der Waals surface area (Å²) < 4.78 is 5.27. The number of aliphatic hydroxyl groups excluding tert-OH is 1. The summed E-state index contributed by atoms with van der Waals surface area (Å²) in [7, 11) is 0. The number of aliphatic hydroxyl groups is 1. The summed E-state index contributed by atoms with van der Waals surface area (Å²) in [5.74, 6) is -1.08. The molecule has 2 fully saturated rings. The minimum atomic E-state index is -1.08. The molecule has 0 aliphatic carbocycles. The van der Waals surface area contributed by atoms with E-state index in [0.717, 1.165) is 13.1 Å². The van der Waals surface area contributed by atoms with Gasteiger partial charge in [-0.1, -0.05) is 0 Å². The SMILES string of the molecule is CC(CN1CCOCC1)NC(=O)N1CC(O)C[C@H]1C(=O)O. The molecule has 21 heavy (non-hydrogen) atoms. The fourth-order valence-electron chi connectivity index (χ4n) is 2.78. The van der Waals surface area contributed by atoms with Crippen molar-refractivity contribution in [2.45, 2.75) is 31.5 Å². The van der Waals surface area contributed by atoms with E-state index in [1.807, 2.05) is 6.92 Å². The van der Waals surface area contributed by atoms with Gasteiger partial charge in [-0.15, -0.1) is 0 Å². The normalized spacial score (nSPS) is 28.4. The highest BCUT2D eigenvalue weighted by molar-refractivity contribution is 5.83. The number of carbonyl (C=O) groups excluding carboxylic acids is 1. The van der Waals surface area contributed by atoms with Crippen molar-refractivity contribution in [1.82, 2.24) is 15.1 Å². The van der Waals surface area contributed by atoms with Gasteiger partial charge in [-0.3, -0.25) is 4.90 Å². The molecular weight excluding hydrogens is 278 g/mol. The first kappa shape index (κ1) is 16.0. The van der Waals surface area contributed by atoms with E-state index < -0.39 is 24.1 Å². The van der Waals surface area contributed by atoms with Crippen LogP contribution in [0.1, 0.15) is 13.3 Å². The average molecular weight is 301 g/mol. The van der Waals surface area contributed by atoms with E-state index in [2.05, 4.69) is 10.2 Å². The quantitative estimate of drug-likeness (QED) is 0.611. The van der Waals surface area contributed by atoms with Crippen LogP contribution in [-0.2, 0) is 9.53 Å². The number of carbonyl (C=O) groups is 2. The number of nitrogens with zero attached hydrogens (tertiary/aromatic N) is 2. The van der Waals surface area contributed by atoms with Crippen molar-refractivity contribution in [3.05, 3.63) is 0 Å². The summed E-state index contributed by atoms with van der Waals surface area (Å²) in [6.45, 7) is 5.70. The summed E-state index contributed by atoms with van der Waals surface area (Å²) in [5, 5.41) is 21.5. The summed E-state index contributed by atoms with van der Waals surface area (Å²) in [6.07, 6.45) is -0.688. The highest BCUT2D eigenvalue weighted by atomic mass is 16.5. The van der Waals surface area contributed by atoms with Crippen LogP contribution < -0.4 is 5.32 Å². The summed E-state index contributed by atoms with van der Waals surface area (Å²) in [4.78, 5) is 26.7. The van der Waals surface area contributed by atoms with Crippen molar-refractivity contribution in [3.8, 4) is 0 Å². The lowest BCUT2D eigenvalue weighted by Crippen LogP contribution is -2.52. The summed E-state index contributed by atoms with van der Waals surface area (Å²) in [5.41, 5.74) is 0. The van der Waals surface area contributed by atoms with Crippen molar-refractivity contribution < 1.29 is 24.5 Å². The molecule has 2 heterocycles. The molecule has 0 saturated carbocycles. The van der Waals surface area contributed by atoms with Gasteiger partial charge in [0.2, 0.25) is 0 Å². The second-order valence-electron chi connectivity index (χ2n) is 5.66. The number of morpholine rings is 1. The van der Waals surface area contributed by atoms with Gasteiger partial charge in [-0.2, -0.15) is 0 Å². The number of aliphatic carboxylic acids is 1. The molecule has 0 spiro atoms. The molecule has 8 heteroatoms. The van der Waals surface area contributed by atoms with Gasteiger partial charge in [0.15, 0.2) is 0 Å². The van der Waals surface area contributed by atoms with Crippen molar-refractivity contribution in [2.75, 3.05) is 39.4 Å². The first-order valence-corrected chi connectivity index (χ1v) is 7.25. The third-order valence-corrected chi connectivity index (χ3v) is 3.83. The molecule has 3 N–H and O–H groups in total.